The van der Waals surface area contributed by atoms with Gasteiger partial charge in [0.15, 0.2) is 0 Å². The number of amides is 1. The standard InChI is InChI=1S/C18H24N2O.C5H7N3/c1-12-10-17-11-16(15-6-8-19-9-7-15)4-5-18(17)20(13(12)2)14(3)21;1-4-2-8-5(6)3-7-4/h4-6,11-13,19H,7-10H2,1-3H3;2-3H,1H3,(H2,6,8)/t12?,13-;/m0./s1. The molecule has 2 aliphatic heterocycles. The maximum Gasteiger partial charge on any atom is 0.224 e. The highest BCUT2D eigenvalue weighted by atomic mass is 16.2. The van der Waals surface area contributed by atoms with Gasteiger partial charge in [-0.15, -0.1) is 0 Å². The first-order valence-electron chi connectivity index (χ1n) is 10.2. The quantitative estimate of drug-likeness (QED) is 0.776. The van der Waals surface area contributed by atoms with Crippen LogP contribution >= 0.6 is 0 Å². The van der Waals surface area contributed by atoms with Gasteiger partial charge in [0.2, 0.25) is 5.91 Å². The first-order valence-corrected chi connectivity index (χ1v) is 10.2. The largest absolute Gasteiger partial charge is 0.382 e. The molecule has 1 amide bonds. The lowest BCUT2D eigenvalue weighted by molar-refractivity contribution is -0.117. The Hall–Kier alpha value is -2.73. The van der Waals surface area contributed by atoms with Crippen LogP contribution < -0.4 is 16.0 Å². The fourth-order valence-corrected chi connectivity index (χ4v) is 3.92. The molecule has 1 aromatic carbocycles. The van der Waals surface area contributed by atoms with Crippen molar-refractivity contribution >= 4 is 23.0 Å². The summed E-state index contributed by atoms with van der Waals surface area (Å²) < 4.78 is 0. The number of nitrogens with two attached hydrogens (primary N) is 1. The fraction of sp³-hybridized carbons (Fsp3) is 0.435. The maximum absolute atomic E-state index is 12.0. The van der Waals surface area contributed by atoms with E-state index in [1.807, 2.05) is 11.8 Å². The second kappa shape index (κ2) is 9.18. The first kappa shape index (κ1) is 21.0. The molecule has 0 spiro atoms. The summed E-state index contributed by atoms with van der Waals surface area (Å²) in [6, 6.07) is 6.88. The lowest BCUT2D eigenvalue weighted by atomic mass is 9.85. The van der Waals surface area contributed by atoms with Crippen molar-refractivity contribution in [2.75, 3.05) is 23.7 Å². The number of benzene rings is 1. The molecule has 0 saturated carbocycles. The second-order valence-electron chi connectivity index (χ2n) is 7.92. The third kappa shape index (κ3) is 5.01. The van der Waals surface area contributed by atoms with E-state index >= 15 is 0 Å². The summed E-state index contributed by atoms with van der Waals surface area (Å²) in [5.41, 5.74) is 11.3. The van der Waals surface area contributed by atoms with Gasteiger partial charge < -0.3 is 16.0 Å². The van der Waals surface area contributed by atoms with E-state index in [4.69, 9.17) is 5.73 Å². The molecule has 0 bridgehead atoms. The number of nitrogens with zero attached hydrogens (tertiary/aromatic N) is 3. The van der Waals surface area contributed by atoms with Gasteiger partial charge in [-0.3, -0.25) is 9.78 Å². The third-order valence-electron chi connectivity index (χ3n) is 5.69. The predicted octanol–water partition coefficient (Wildman–Crippen LogP) is 3.36. The third-order valence-corrected chi connectivity index (χ3v) is 5.69. The number of rotatable bonds is 1. The van der Waals surface area contributed by atoms with Gasteiger partial charge in [-0.05, 0) is 68.0 Å². The van der Waals surface area contributed by atoms with Gasteiger partial charge >= 0.3 is 0 Å². The smallest absolute Gasteiger partial charge is 0.224 e. The molecule has 0 aliphatic carbocycles. The van der Waals surface area contributed by atoms with Crippen LogP contribution in [-0.4, -0.2) is 35.0 Å². The number of carbonyl (C=O) groups excluding carboxylic acids is 1. The van der Waals surface area contributed by atoms with Crippen LogP contribution in [0.4, 0.5) is 11.5 Å². The van der Waals surface area contributed by atoms with E-state index in [1.54, 1.807) is 13.1 Å². The van der Waals surface area contributed by atoms with Gasteiger partial charge in [-0.2, -0.15) is 0 Å². The van der Waals surface area contributed by atoms with Gasteiger partial charge in [0, 0.05) is 25.2 Å². The average Bonchev–Trinajstić information content (AvgIpc) is 2.71. The van der Waals surface area contributed by atoms with Crippen molar-refractivity contribution in [1.29, 1.82) is 0 Å². The molecule has 2 aromatic rings. The number of anilines is 2. The zero-order chi connectivity index (χ0) is 21.0. The Morgan fingerprint density at radius 3 is 2.62 bits per heavy atom. The molecule has 6 heteroatoms. The van der Waals surface area contributed by atoms with Crippen LogP contribution in [0, 0.1) is 12.8 Å². The maximum atomic E-state index is 12.0. The molecular formula is C23H31N5O. The molecule has 6 nitrogen and oxygen atoms in total. The Bertz CT molecular complexity index is 870. The van der Waals surface area contributed by atoms with Crippen LogP contribution in [0.25, 0.3) is 5.57 Å². The van der Waals surface area contributed by atoms with Crippen molar-refractivity contribution in [2.45, 2.75) is 46.6 Å². The number of carbonyl (C=O) groups is 1. The first-order chi connectivity index (χ1) is 13.9. The minimum Gasteiger partial charge on any atom is -0.382 e. The molecule has 2 atom stereocenters. The van der Waals surface area contributed by atoms with E-state index in [0.717, 1.165) is 37.3 Å². The fourth-order valence-electron chi connectivity index (χ4n) is 3.92. The summed E-state index contributed by atoms with van der Waals surface area (Å²) in [5, 5.41) is 3.35. The highest BCUT2D eigenvalue weighted by Gasteiger charge is 2.31. The Balaban J connectivity index is 0.000000252. The molecule has 154 valence electrons. The molecule has 1 unspecified atom stereocenters. The Kier molecular flexibility index (Phi) is 6.64. The number of aromatic nitrogens is 2. The minimum absolute atomic E-state index is 0.143. The Labute approximate surface area is 173 Å². The van der Waals surface area contributed by atoms with E-state index in [0.29, 0.717) is 11.7 Å². The van der Waals surface area contributed by atoms with Gasteiger partial charge in [-0.25, -0.2) is 4.98 Å². The monoisotopic (exact) mass is 393 g/mol. The molecule has 0 radical (unpaired) electrons. The van der Waals surface area contributed by atoms with Gasteiger partial charge in [0.1, 0.15) is 5.82 Å². The second-order valence-corrected chi connectivity index (χ2v) is 7.92. The van der Waals surface area contributed by atoms with Crippen molar-refractivity contribution in [3.8, 4) is 0 Å². The molecule has 0 saturated heterocycles. The normalized spacial score (nSPS) is 20.8. The molecular weight excluding hydrogens is 362 g/mol. The van der Waals surface area contributed by atoms with Crippen LogP contribution in [0.2, 0.25) is 0 Å². The van der Waals surface area contributed by atoms with Crippen molar-refractivity contribution in [3.63, 3.8) is 0 Å². The lowest BCUT2D eigenvalue weighted by Gasteiger charge is -2.39. The lowest BCUT2D eigenvalue weighted by Crippen LogP contribution is -2.45. The van der Waals surface area contributed by atoms with E-state index in [-0.39, 0.29) is 11.9 Å². The van der Waals surface area contributed by atoms with Crippen LogP contribution in [0.5, 0.6) is 0 Å². The summed E-state index contributed by atoms with van der Waals surface area (Å²) >= 11 is 0. The Morgan fingerprint density at radius 2 is 2.03 bits per heavy atom. The van der Waals surface area contributed by atoms with Crippen LogP contribution in [-0.2, 0) is 11.2 Å². The summed E-state index contributed by atoms with van der Waals surface area (Å²) in [6.07, 6.45) is 7.59. The van der Waals surface area contributed by atoms with E-state index in [9.17, 15) is 4.79 Å². The summed E-state index contributed by atoms with van der Waals surface area (Å²) in [6.45, 7) is 9.93. The SMILES string of the molecule is CC(=O)N1c2ccc(C3=CCNCC3)cc2CC(C)[C@@H]1C.Cc1cnc(N)cn1. The number of hydrogen-bond acceptors (Lipinski definition) is 5. The molecule has 1 aromatic heterocycles. The zero-order valence-corrected chi connectivity index (χ0v) is 17.8. The number of aryl methyl sites for hydroxylation is 1. The summed E-state index contributed by atoms with van der Waals surface area (Å²) in [7, 11) is 0. The molecule has 29 heavy (non-hydrogen) atoms. The molecule has 2 aliphatic rings. The van der Waals surface area contributed by atoms with Crippen molar-refractivity contribution in [2.24, 2.45) is 5.92 Å². The molecule has 0 fully saturated rings. The zero-order valence-electron chi connectivity index (χ0n) is 17.8. The molecule has 3 N–H and O–H groups in total. The van der Waals surface area contributed by atoms with E-state index in [2.05, 4.69) is 53.4 Å². The van der Waals surface area contributed by atoms with Gasteiger partial charge in [0.25, 0.3) is 0 Å². The highest BCUT2D eigenvalue weighted by molar-refractivity contribution is 5.94. The molecule has 3 heterocycles. The van der Waals surface area contributed by atoms with Crippen LogP contribution in [0.15, 0.2) is 36.7 Å². The van der Waals surface area contributed by atoms with Crippen LogP contribution in [0.3, 0.4) is 0 Å². The highest BCUT2D eigenvalue weighted by Crippen LogP contribution is 2.36. The minimum atomic E-state index is 0.143. The number of nitrogens with one attached hydrogen (secondary N) is 1. The van der Waals surface area contributed by atoms with Gasteiger partial charge in [-0.1, -0.05) is 19.1 Å². The van der Waals surface area contributed by atoms with Crippen molar-refractivity contribution in [3.05, 3.63) is 53.5 Å². The van der Waals surface area contributed by atoms with E-state index in [1.165, 1.54) is 22.9 Å². The number of hydrogen-bond donors (Lipinski definition) is 2. The van der Waals surface area contributed by atoms with Crippen LogP contribution in [0.1, 0.15) is 44.0 Å². The summed E-state index contributed by atoms with van der Waals surface area (Å²) in [5.74, 6) is 1.11. The predicted molar refractivity (Wildman–Crippen MR) is 119 cm³/mol. The number of nitrogen functional groups attached to an aromatic ring is 1. The van der Waals surface area contributed by atoms with Crippen molar-refractivity contribution < 1.29 is 4.79 Å². The summed E-state index contributed by atoms with van der Waals surface area (Å²) in [4.78, 5) is 21.7. The van der Waals surface area contributed by atoms with E-state index < -0.39 is 0 Å². The van der Waals surface area contributed by atoms with Crippen molar-refractivity contribution in [1.82, 2.24) is 15.3 Å². The Morgan fingerprint density at radius 1 is 1.24 bits per heavy atom. The topological polar surface area (TPSA) is 84.1 Å². The number of fused-ring (bicyclic) bond motifs is 1. The van der Waals surface area contributed by atoms with Gasteiger partial charge in [0.05, 0.1) is 18.1 Å². The molecule has 4 rings (SSSR count). The average molecular weight is 394 g/mol.